The first-order chi connectivity index (χ1) is 5.49. The van der Waals surface area contributed by atoms with Crippen LogP contribution in [0.3, 0.4) is 0 Å². The van der Waals surface area contributed by atoms with Crippen molar-refractivity contribution in [2.45, 2.75) is 18.9 Å². The normalized spacial score (nSPS) is 11.9. The van der Waals surface area contributed by atoms with Gasteiger partial charge in [-0.3, -0.25) is 0 Å². The second kappa shape index (κ2) is 2.90. The molecule has 0 aliphatic heterocycles. The molecular weight excluding hydrogens is 176 g/mol. The van der Waals surface area contributed by atoms with Gasteiger partial charge in [-0.05, 0) is 6.92 Å². The van der Waals surface area contributed by atoms with Crippen LogP contribution >= 0.6 is 0 Å². The highest BCUT2D eigenvalue weighted by molar-refractivity contribution is 7.91. The van der Waals surface area contributed by atoms with E-state index in [0.717, 1.165) is 0 Å². The van der Waals surface area contributed by atoms with Gasteiger partial charge in [0, 0.05) is 7.05 Å². The molecule has 0 atom stereocenters. The van der Waals surface area contributed by atoms with Crippen molar-refractivity contribution >= 4 is 9.84 Å². The Kier molecular flexibility index (Phi) is 2.23. The molecular formula is C7H12N2O2S. The van der Waals surface area contributed by atoms with E-state index in [2.05, 4.69) is 4.98 Å². The number of aromatic nitrogens is 2. The topological polar surface area (TPSA) is 52.0 Å². The molecule has 12 heavy (non-hydrogen) atoms. The summed E-state index contributed by atoms with van der Waals surface area (Å²) in [6, 6.07) is 0. The van der Waals surface area contributed by atoms with Gasteiger partial charge in [0.2, 0.25) is 0 Å². The smallest absolute Gasteiger partial charge is 0.195 e. The summed E-state index contributed by atoms with van der Waals surface area (Å²) in [5, 5.41) is 0.294. The van der Waals surface area contributed by atoms with Crippen LogP contribution in [0.25, 0.3) is 0 Å². The SMILES string of the molecule is CCS(=O)(=O)c1cnc(C)n1C. The van der Waals surface area contributed by atoms with Crippen LogP contribution in [0.15, 0.2) is 11.2 Å². The fraction of sp³-hybridized carbons (Fsp3) is 0.571. The van der Waals surface area contributed by atoms with Crippen LogP contribution in [-0.2, 0) is 16.9 Å². The van der Waals surface area contributed by atoms with Gasteiger partial charge in [-0.25, -0.2) is 13.4 Å². The van der Waals surface area contributed by atoms with Crippen molar-refractivity contribution in [3.8, 4) is 0 Å². The molecule has 1 heterocycles. The third-order valence-corrected chi connectivity index (χ3v) is 3.65. The molecule has 0 spiro atoms. The highest BCUT2D eigenvalue weighted by Gasteiger charge is 2.16. The van der Waals surface area contributed by atoms with Gasteiger partial charge >= 0.3 is 0 Å². The first-order valence-corrected chi connectivity index (χ1v) is 5.35. The van der Waals surface area contributed by atoms with E-state index in [-0.39, 0.29) is 5.75 Å². The van der Waals surface area contributed by atoms with E-state index in [4.69, 9.17) is 0 Å². The number of hydrogen-bond acceptors (Lipinski definition) is 3. The van der Waals surface area contributed by atoms with Crippen LogP contribution in [0.1, 0.15) is 12.7 Å². The minimum Gasteiger partial charge on any atom is -0.323 e. The molecule has 0 aromatic carbocycles. The van der Waals surface area contributed by atoms with Crippen LogP contribution in [0.2, 0.25) is 0 Å². The van der Waals surface area contributed by atoms with E-state index < -0.39 is 9.84 Å². The largest absolute Gasteiger partial charge is 0.323 e. The lowest BCUT2D eigenvalue weighted by atomic mass is 10.7. The molecule has 0 unspecified atom stereocenters. The summed E-state index contributed by atoms with van der Waals surface area (Å²) in [6.07, 6.45) is 1.40. The maximum atomic E-state index is 11.4. The van der Waals surface area contributed by atoms with Crippen molar-refractivity contribution in [1.82, 2.24) is 9.55 Å². The number of nitrogens with zero attached hydrogens (tertiary/aromatic N) is 2. The van der Waals surface area contributed by atoms with Gasteiger partial charge in [0.15, 0.2) is 14.9 Å². The lowest BCUT2D eigenvalue weighted by molar-refractivity contribution is 0.586. The van der Waals surface area contributed by atoms with E-state index in [9.17, 15) is 8.42 Å². The molecule has 0 fully saturated rings. The summed E-state index contributed by atoms with van der Waals surface area (Å²) in [5.41, 5.74) is 0. The van der Waals surface area contributed by atoms with Crippen molar-refractivity contribution in [1.29, 1.82) is 0 Å². The molecule has 0 saturated heterocycles. The molecule has 1 rings (SSSR count). The summed E-state index contributed by atoms with van der Waals surface area (Å²) in [4.78, 5) is 3.91. The summed E-state index contributed by atoms with van der Waals surface area (Å²) in [6.45, 7) is 3.40. The Hall–Kier alpha value is -0.840. The first kappa shape index (κ1) is 9.25. The van der Waals surface area contributed by atoms with Crippen LogP contribution < -0.4 is 0 Å². The van der Waals surface area contributed by atoms with Crippen molar-refractivity contribution in [3.05, 3.63) is 12.0 Å². The maximum Gasteiger partial charge on any atom is 0.195 e. The Morgan fingerprint density at radius 1 is 1.58 bits per heavy atom. The third-order valence-electron chi connectivity index (χ3n) is 1.88. The molecule has 68 valence electrons. The zero-order valence-corrected chi connectivity index (χ0v) is 8.22. The van der Waals surface area contributed by atoms with Crippen LogP contribution in [0.4, 0.5) is 0 Å². The van der Waals surface area contributed by atoms with E-state index in [1.807, 2.05) is 0 Å². The Morgan fingerprint density at radius 2 is 2.17 bits per heavy atom. The van der Waals surface area contributed by atoms with Crippen molar-refractivity contribution in [3.63, 3.8) is 0 Å². The van der Waals surface area contributed by atoms with Crippen molar-refractivity contribution in [2.24, 2.45) is 7.05 Å². The zero-order chi connectivity index (χ0) is 9.35. The Balaban J connectivity index is 3.30. The Bertz CT molecular complexity index is 378. The van der Waals surface area contributed by atoms with Gasteiger partial charge in [-0.15, -0.1) is 0 Å². The van der Waals surface area contributed by atoms with E-state index >= 15 is 0 Å². The molecule has 0 saturated carbocycles. The average Bonchev–Trinajstić information content (AvgIpc) is 2.33. The maximum absolute atomic E-state index is 11.4. The third kappa shape index (κ3) is 1.36. The summed E-state index contributed by atoms with van der Waals surface area (Å²) >= 11 is 0. The molecule has 1 aromatic heterocycles. The average molecular weight is 188 g/mol. The highest BCUT2D eigenvalue weighted by atomic mass is 32.2. The molecule has 4 nitrogen and oxygen atoms in total. The summed E-state index contributed by atoms with van der Waals surface area (Å²) in [5.74, 6) is 0.827. The van der Waals surface area contributed by atoms with Crippen molar-refractivity contribution < 1.29 is 8.42 Å². The van der Waals surface area contributed by atoms with E-state index in [0.29, 0.717) is 10.9 Å². The molecule has 1 aromatic rings. The van der Waals surface area contributed by atoms with Gasteiger partial charge in [0.25, 0.3) is 0 Å². The first-order valence-electron chi connectivity index (χ1n) is 3.70. The molecule has 0 aliphatic carbocycles. The monoisotopic (exact) mass is 188 g/mol. The lowest BCUT2D eigenvalue weighted by Crippen LogP contribution is -2.09. The number of imidazole rings is 1. The van der Waals surface area contributed by atoms with Crippen molar-refractivity contribution in [2.75, 3.05) is 5.75 Å². The van der Waals surface area contributed by atoms with Gasteiger partial charge in [-0.1, -0.05) is 6.92 Å². The second-order valence-corrected chi connectivity index (χ2v) is 4.83. The molecule has 0 amide bonds. The predicted molar refractivity (Wildman–Crippen MR) is 45.7 cm³/mol. The number of hydrogen-bond donors (Lipinski definition) is 0. The predicted octanol–water partition coefficient (Wildman–Crippen LogP) is 0.522. The molecule has 0 bridgehead atoms. The van der Waals surface area contributed by atoms with Gasteiger partial charge in [0.1, 0.15) is 5.82 Å². The molecule has 0 aliphatic rings. The summed E-state index contributed by atoms with van der Waals surface area (Å²) < 4.78 is 24.3. The van der Waals surface area contributed by atoms with Gasteiger partial charge in [0.05, 0.1) is 11.9 Å². The molecule has 0 N–H and O–H groups in total. The van der Waals surface area contributed by atoms with E-state index in [1.165, 1.54) is 6.20 Å². The Labute approximate surface area is 72.2 Å². The Morgan fingerprint density at radius 3 is 2.50 bits per heavy atom. The number of rotatable bonds is 2. The van der Waals surface area contributed by atoms with E-state index in [1.54, 1.807) is 25.5 Å². The zero-order valence-electron chi connectivity index (χ0n) is 7.40. The van der Waals surface area contributed by atoms with Crippen LogP contribution in [0.5, 0.6) is 0 Å². The van der Waals surface area contributed by atoms with Gasteiger partial charge in [-0.2, -0.15) is 0 Å². The molecule has 5 heteroatoms. The minimum atomic E-state index is -3.11. The number of sulfone groups is 1. The fourth-order valence-corrected chi connectivity index (χ4v) is 1.98. The summed E-state index contributed by atoms with van der Waals surface area (Å²) in [7, 11) is -1.41. The number of aryl methyl sites for hydroxylation is 1. The molecule has 0 radical (unpaired) electrons. The second-order valence-electron chi connectivity index (χ2n) is 2.61. The van der Waals surface area contributed by atoms with Crippen LogP contribution in [-0.4, -0.2) is 23.7 Å². The van der Waals surface area contributed by atoms with Crippen LogP contribution in [0, 0.1) is 6.92 Å². The fourth-order valence-electron chi connectivity index (χ4n) is 0.918. The quantitative estimate of drug-likeness (QED) is 0.680. The lowest BCUT2D eigenvalue weighted by Gasteiger charge is -2.01. The highest BCUT2D eigenvalue weighted by Crippen LogP contribution is 2.10. The minimum absolute atomic E-state index is 0.117. The standard InChI is InChI=1S/C7H12N2O2S/c1-4-12(10,11)7-5-8-6(2)9(7)3/h5H,4H2,1-3H3. The van der Waals surface area contributed by atoms with Gasteiger partial charge < -0.3 is 4.57 Å².